The van der Waals surface area contributed by atoms with Gasteiger partial charge in [-0.05, 0) is 17.7 Å². The van der Waals surface area contributed by atoms with E-state index in [4.69, 9.17) is 14.2 Å². The van der Waals surface area contributed by atoms with Crippen LogP contribution in [0.3, 0.4) is 0 Å². The quantitative estimate of drug-likeness (QED) is 0.306. The standard InChI is InChI=1S/C28H27N5O8/c1-16(34)29-27-30-23-22(24(36)31-27)32(14-18-9-5-3-6-10-18)28(38)33(23)25-21(40-17(2)35)13-20(41-25)15-39-26(37)19-11-7-4-8-12-19/h3-12,20-21,25H,13-15H2,1-2H3,(H2,29,30,31,34,36)/t20-,21+,25?/m0/s1. The molecule has 2 aromatic carbocycles. The number of hydrogen-bond donors (Lipinski definition) is 2. The zero-order chi connectivity index (χ0) is 29.1. The first-order valence-corrected chi connectivity index (χ1v) is 12.8. The molecule has 1 fully saturated rings. The number of fused-ring (bicyclic) bond motifs is 1. The highest BCUT2D eigenvalue weighted by atomic mass is 16.6. The molecule has 1 aliphatic heterocycles. The topological polar surface area (TPSA) is 164 Å². The van der Waals surface area contributed by atoms with Gasteiger partial charge in [-0.15, -0.1) is 0 Å². The average Bonchev–Trinajstić information content (AvgIpc) is 3.44. The van der Waals surface area contributed by atoms with Crippen LogP contribution in [0.15, 0.2) is 70.3 Å². The number of carbonyl (C=O) groups excluding carboxylic acids is 3. The highest BCUT2D eigenvalue weighted by molar-refractivity contribution is 5.89. The van der Waals surface area contributed by atoms with Gasteiger partial charge in [0, 0.05) is 20.3 Å². The number of aromatic amines is 1. The van der Waals surface area contributed by atoms with Crippen molar-refractivity contribution in [2.75, 3.05) is 11.9 Å². The Hall–Kier alpha value is -5.04. The van der Waals surface area contributed by atoms with Crippen LogP contribution < -0.4 is 16.6 Å². The first-order valence-electron chi connectivity index (χ1n) is 12.8. The number of rotatable bonds is 8. The number of carbonyl (C=O) groups is 3. The Balaban J connectivity index is 1.55. The molecule has 3 heterocycles. The lowest BCUT2D eigenvalue weighted by Crippen LogP contribution is -2.34. The van der Waals surface area contributed by atoms with Gasteiger partial charge in [0.15, 0.2) is 17.4 Å². The molecule has 1 saturated heterocycles. The molecule has 0 spiro atoms. The van der Waals surface area contributed by atoms with E-state index in [-0.39, 0.29) is 36.7 Å². The number of benzene rings is 2. The normalized spacial score (nSPS) is 18.2. The number of imidazole rings is 1. The zero-order valence-corrected chi connectivity index (χ0v) is 22.2. The summed E-state index contributed by atoms with van der Waals surface area (Å²) < 4.78 is 19.4. The second-order valence-electron chi connectivity index (χ2n) is 9.49. The van der Waals surface area contributed by atoms with Crippen LogP contribution in [0.4, 0.5) is 5.95 Å². The second kappa shape index (κ2) is 11.6. The van der Waals surface area contributed by atoms with E-state index in [2.05, 4.69) is 15.3 Å². The maximum Gasteiger partial charge on any atom is 0.338 e. The van der Waals surface area contributed by atoms with Crippen LogP contribution in [0.2, 0.25) is 0 Å². The molecule has 1 aliphatic rings. The Kier molecular flexibility index (Phi) is 7.79. The van der Waals surface area contributed by atoms with Crippen LogP contribution >= 0.6 is 0 Å². The highest BCUT2D eigenvalue weighted by Crippen LogP contribution is 2.33. The molecule has 0 saturated carbocycles. The molecule has 2 aromatic heterocycles. The summed E-state index contributed by atoms with van der Waals surface area (Å²) in [4.78, 5) is 70.1. The van der Waals surface area contributed by atoms with E-state index in [9.17, 15) is 24.0 Å². The monoisotopic (exact) mass is 561 g/mol. The highest BCUT2D eigenvalue weighted by Gasteiger charge is 2.42. The molecule has 0 radical (unpaired) electrons. The summed E-state index contributed by atoms with van der Waals surface area (Å²) in [6.07, 6.45) is -2.81. The summed E-state index contributed by atoms with van der Waals surface area (Å²) in [5.41, 5.74) is -0.354. The maximum absolute atomic E-state index is 13.9. The minimum Gasteiger partial charge on any atom is -0.459 e. The molecule has 2 N–H and O–H groups in total. The smallest absolute Gasteiger partial charge is 0.338 e. The molecular weight excluding hydrogens is 534 g/mol. The molecule has 0 bridgehead atoms. The number of nitrogens with zero attached hydrogens (tertiary/aromatic N) is 3. The van der Waals surface area contributed by atoms with Crippen LogP contribution in [-0.2, 0) is 30.3 Å². The van der Waals surface area contributed by atoms with Crippen LogP contribution in [0, 0.1) is 0 Å². The Morgan fingerprint density at radius 2 is 1.73 bits per heavy atom. The van der Waals surface area contributed by atoms with Gasteiger partial charge in [0.2, 0.25) is 11.9 Å². The number of esters is 2. The first-order chi connectivity index (χ1) is 19.7. The first kappa shape index (κ1) is 27.5. The molecule has 0 aliphatic carbocycles. The predicted octanol–water partition coefficient (Wildman–Crippen LogP) is 1.97. The molecule has 1 amide bonds. The van der Waals surface area contributed by atoms with Gasteiger partial charge < -0.3 is 14.2 Å². The number of ether oxygens (including phenoxy) is 3. The molecule has 41 heavy (non-hydrogen) atoms. The third-order valence-corrected chi connectivity index (χ3v) is 6.42. The number of hydrogen-bond acceptors (Lipinski definition) is 9. The fraction of sp³-hybridized carbons (Fsp3) is 0.286. The third-order valence-electron chi connectivity index (χ3n) is 6.42. The largest absolute Gasteiger partial charge is 0.459 e. The van der Waals surface area contributed by atoms with Crippen LogP contribution in [0.1, 0.15) is 42.4 Å². The van der Waals surface area contributed by atoms with Crippen LogP contribution in [0.25, 0.3) is 11.2 Å². The number of anilines is 1. The summed E-state index contributed by atoms with van der Waals surface area (Å²) in [6.45, 7) is 2.33. The number of amides is 1. The molecule has 3 atom stereocenters. The van der Waals surface area contributed by atoms with Crippen molar-refractivity contribution in [3.05, 3.63) is 92.6 Å². The van der Waals surface area contributed by atoms with Gasteiger partial charge in [0.1, 0.15) is 12.7 Å². The Bertz CT molecular complexity index is 1710. The van der Waals surface area contributed by atoms with Crippen molar-refractivity contribution in [1.82, 2.24) is 19.1 Å². The summed E-state index contributed by atoms with van der Waals surface area (Å²) in [7, 11) is 0. The van der Waals surface area contributed by atoms with Crippen molar-refractivity contribution in [2.45, 2.75) is 45.2 Å². The van der Waals surface area contributed by atoms with Crippen molar-refractivity contribution >= 4 is 35.0 Å². The second-order valence-corrected chi connectivity index (χ2v) is 9.49. The summed E-state index contributed by atoms with van der Waals surface area (Å²) in [5.74, 6) is -1.83. The molecule has 212 valence electrons. The summed E-state index contributed by atoms with van der Waals surface area (Å²) >= 11 is 0. The van der Waals surface area contributed by atoms with Crippen molar-refractivity contribution in [3.8, 4) is 0 Å². The number of nitrogens with one attached hydrogen (secondary N) is 2. The fourth-order valence-electron chi connectivity index (χ4n) is 4.75. The Morgan fingerprint density at radius 1 is 1.05 bits per heavy atom. The predicted molar refractivity (Wildman–Crippen MR) is 145 cm³/mol. The number of aromatic nitrogens is 4. The minimum absolute atomic E-state index is 0.0382. The van der Waals surface area contributed by atoms with Crippen molar-refractivity contribution < 1.29 is 28.6 Å². The molecule has 1 unspecified atom stereocenters. The number of H-pyrrole nitrogens is 1. The van der Waals surface area contributed by atoms with Crippen molar-refractivity contribution in [2.24, 2.45) is 0 Å². The SMILES string of the molecule is CC(=O)Nc1nc2c(c(=O)[nH]1)n(Cc1ccccc1)c(=O)n2C1O[C@H](COC(=O)c2ccccc2)C[C@H]1OC(C)=O. The van der Waals surface area contributed by atoms with E-state index < -0.39 is 47.5 Å². The zero-order valence-electron chi connectivity index (χ0n) is 22.2. The van der Waals surface area contributed by atoms with E-state index in [1.807, 2.05) is 6.07 Å². The molecule has 5 rings (SSSR count). The van der Waals surface area contributed by atoms with E-state index >= 15 is 0 Å². The third kappa shape index (κ3) is 5.94. The van der Waals surface area contributed by atoms with Gasteiger partial charge in [-0.25, -0.2) is 14.2 Å². The van der Waals surface area contributed by atoms with Gasteiger partial charge in [0.25, 0.3) is 5.56 Å². The minimum atomic E-state index is -1.20. The molecule has 13 nitrogen and oxygen atoms in total. The lowest BCUT2D eigenvalue weighted by atomic mass is 10.2. The van der Waals surface area contributed by atoms with E-state index in [1.54, 1.807) is 54.6 Å². The van der Waals surface area contributed by atoms with E-state index in [0.29, 0.717) is 5.56 Å². The fourth-order valence-corrected chi connectivity index (χ4v) is 4.75. The van der Waals surface area contributed by atoms with Crippen LogP contribution in [-0.4, -0.2) is 55.8 Å². The maximum atomic E-state index is 13.9. The Labute approximate surface area is 232 Å². The van der Waals surface area contributed by atoms with Gasteiger partial charge in [-0.2, -0.15) is 4.98 Å². The molecule has 4 aromatic rings. The lowest BCUT2D eigenvalue weighted by molar-refractivity contribution is -0.152. The van der Waals surface area contributed by atoms with Crippen molar-refractivity contribution in [1.29, 1.82) is 0 Å². The molecule has 13 heteroatoms. The summed E-state index contributed by atoms with van der Waals surface area (Å²) in [5, 5.41) is 2.42. The molecular formula is C28H27N5O8. The van der Waals surface area contributed by atoms with E-state index in [0.717, 1.165) is 10.1 Å². The van der Waals surface area contributed by atoms with Gasteiger partial charge >= 0.3 is 17.6 Å². The van der Waals surface area contributed by atoms with Crippen molar-refractivity contribution in [3.63, 3.8) is 0 Å². The Morgan fingerprint density at radius 3 is 2.39 bits per heavy atom. The summed E-state index contributed by atoms with van der Waals surface area (Å²) in [6, 6.07) is 17.4. The average molecular weight is 562 g/mol. The van der Waals surface area contributed by atoms with Gasteiger partial charge in [0.05, 0.1) is 18.2 Å². The van der Waals surface area contributed by atoms with Gasteiger partial charge in [-0.1, -0.05) is 48.5 Å². The van der Waals surface area contributed by atoms with E-state index in [1.165, 1.54) is 18.4 Å². The van der Waals surface area contributed by atoms with Crippen LogP contribution in [0.5, 0.6) is 0 Å². The lowest BCUT2D eigenvalue weighted by Gasteiger charge is -2.19. The van der Waals surface area contributed by atoms with Gasteiger partial charge in [-0.3, -0.25) is 29.3 Å².